The number of carbonyl (C=O) groups is 1. The predicted molar refractivity (Wildman–Crippen MR) is 100 cm³/mol. The number of pyridine rings is 1. The lowest BCUT2D eigenvalue weighted by molar-refractivity contribution is 0.0320. The molecule has 2 aromatic heterocycles. The smallest absolute Gasteiger partial charge is 0.275 e. The number of rotatable bonds is 5. The van der Waals surface area contributed by atoms with Crippen molar-refractivity contribution in [2.24, 2.45) is 0 Å². The first kappa shape index (κ1) is 18.3. The number of hydrogen-bond donors (Lipinski definition) is 0. The van der Waals surface area contributed by atoms with Crippen molar-refractivity contribution in [1.29, 1.82) is 0 Å². The Hall–Kier alpha value is -2.10. The Balaban J connectivity index is 1.32. The Morgan fingerprint density at radius 3 is 2.85 bits per heavy atom. The van der Waals surface area contributed by atoms with Crippen LogP contribution in [-0.2, 0) is 17.6 Å². The third kappa shape index (κ3) is 4.60. The lowest BCUT2D eigenvalue weighted by Gasteiger charge is -2.26. The van der Waals surface area contributed by atoms with Gasteiger partial charge in [-0.3, -0.25) is 9.69 Å². The average Bonchev–Trinajstić information content (AvgIpc) is 3.16. The Labute approximate surface area is 162 Å². The molecule has 1 amide bonds. The normalized spacial score (nSPS) is 18.0. The number of carbonyl (C=O) groups excluding carboxylic acids is 1. The third-order valence-corrected chi connectivity index (χ3v) is 5.44. The molecule has 0 spiro atoms. The largest absolute Gasteiger partial charge is 0.476 e. The molecule has 2 aliphatic heterocycles. The maximum atomic E-state index is 12.5. The lowest BCUT2D eigenvalue weighted by Crippen LogP contribution is -2.38. The highest BCUT2D eigenvalue weighted by Crippen LogP contribution is 2.19. The summed E-state index contributed by atoms with van der Waals surface area (Å²) in [6, 6.07) is 4.00. The first-order valence-electron chi connectivity index (χ1n) is 9.27. The fraction of sp³-hybridized carbons (Fsp3) is 0.556. The molecule has 0 bridgehead atoms. The van der Waals surface area contributed by atoms with E-state index in [9.17, 15) is 4.79 Å². The van der Waals surface area contributed by atoms with Crippen LogP contribution in [-0.4, -0.2) is 82.8 Å². The van der Waals surface area contributed by atoms with Crippen LogP contribution in [0.4, 0.5) is 0 Å². The van der Waals surface area contributed by atoms with Gasteiger partial charge in [-0.1, -0.05) is 10.6 Å². The van der Waals surface area contributed by atoms with E-state index < -0.39 is 0 Å². The highest BCUT2D eigenvalue weighted by atomic mass is 32.1. The van der Waals surface area contributed by atoms with Gasteiger partial charge in [0.2, 0.25) is 5.88 Å². The van der Waals surface area contributed by atoms with E-state index in [2.05, 4.69) is 25.5 Å². The zero-order chi connectivity index (χ0) is 18.5. The molecule has 0 saturated carbocycles. The predicted octanol–water partition coefficient (Wildman–Crippen LogP) is 0.885. The van der Waals surface area contributed by atoms with Crippen LogP contribution in [0.5, 0.6) is 5.88 Å². The van der Waals surface area contributed by atoms with Gasteiger partial charge in [0.15, 0.2) is 5.69 Å². The van der Waals surface area contributed by atoms with Gasteiger partial charge in [-0.05, 0) is 23.5 Å². The molecule has 1 saturated heterocycles. The highest BCUT2D eigenvalue weighted by Gasteiger charge is 2.22. The molecule has 4 rings (SSSR count). The zero-order valence-corrected chi connectivity index (χ0v) is 16.0. The molecule has 27 heavy (non-hydrogen) atoms. The molecule has 144 valence electrons. The van der Waals surface area contributed by atoms with Gasteiger partial charge in [0.1, 0.15) is 6.61 Å². The molecule has 9 heteroatoms. The van der Waals surface area contributed by atoms with E-state index >= 15 is 0 Å². The van der Waals surface area contributed by atoms with E-state index in [0.717, 1.165) is 51.4 Å². The lowest BCUT2D eigenvalue weighted by atomic mass is 10.1. The molecule has 0 aliphatic carbocycles. The minimum atomic E-state index is -0.0569. The minimum Gasteiger partial charge on any atom is -0.476 e. The van der Waals surface area contributed by atoms with Gasteiger partial charge in [0, 0.05) is 56.3 Å². The summed E-state index contributed by atoms with van der Waals surface area (Å²) in [5, 5.41) is 5.58. The van der Waals surface area contributed by atoms with Crippen LogP contribution in [0.15, 0.2) is 17.5 Å². The van der Waals surface area contributed by atoms with Crippen LogP contribution >= 0.6 is 11.5 Å². The molecular formula is C18H23N5O3S. The van der Waals surface area contributed by atoms with Crippen molar-refractivity contribution in [2.45, 2.75) is 12.8 Å². The number of fused-ring (bicyclic) bond motifs is 1. The molecule has 4 heterocycles. The summed E-state index contributed by atoms with van der Waals surface area (Å²) in [5.41, 5.74) is 2.62. The summed E-state index contributed by atoms with van der Waals surface area (Å²) in [6.45, 7) is 6.31. The Morgan fingerprint density at radius 2 is 2.04 bits per heavy atom. The van der Waals surface area contributed by atoms with Crippen molar-refractivity contribution in [3.05, 3.63) is 34.5 Å². The molecule has 0 N–H and O–H groups in total. The van der Waals surface area contributed by atoms with Crippen LogP contribution < -0.4 is 4.74 Å². The standard InChI is InChI=1S/C18H23N5O3S/c24-18(16-13-27-21-20-16)23-5-3-14-1-2-17(19-15(14)4-6-23)26-12-9-22-7-10-25-11-8-22/h1-2,13H,3-12H2. The summed E-state index contributed by atoms with van der Waals surface area (Å²) in [7, 11) is 0. The number of aromatic nitrogens is 3. The fourth-order valence-electron chi connectivity index (χ4n) is 3.37. The molecular weight excluding hydrogens is 366 g/mol. The quantitative estimate of drug-likeness (QED) is 0.751. The summed E-state index contributed by atoms with van der Waals surface area (Å²) in [6.07, 6.45) is 1.51. The number of amides is 1. The van der Waals surface area contributed by atoms with Crippen molar-refractivity contribution in [3.8, 4) is 5.88 Å². The first-order valence-corrected chi connectivity index (χ1v) is 10.1. The second-order valence-corrected chi connectivity index (χ2v) is 7.25. The van der Waals surface area contributed by atoms with Crippen molar-refractivity contribution in [1.82, 2.24) is 24.4 Å². The fourth-order valence-corrected chi connectivity index (χ4v) is 3.80. The molecule has 8 nitrogen and oxygen atoms in total. The van der Waals surface area contributed by atoms with E-state index in [4.69, 9.17) is 9.47 Å². The molecule has 1 fully saturated rings. The van der Waals surface area contributed by atoms with E-state index in [-0.39, 0.29) is 5.91 Å². The minimum absolute atomic E-state index is 0.0569. The van der Waals surface area contributed by atoms with Gasteiger partial charge in [-0.15, -0.1) is 5.10 Å². The molecule has 0 unspecified atom stereocenters. The van der Waals surface area contributed by atoms with Gasteiger partial charge in [0.05, 0.1) is 13.2 Å². The van der Waals surface area contributed by atoms with Gasteiger partial charge in [-0.25, -0.2) is 4.98 Å². The number of morpholine rings is 1. The van der Waals surface area contributed by atoms with Crippen LogP contribution in [0.2, 0.25) is 0 Å². The van der Waals surface area contributed by atoms with Gasteiger partial charge in [-0.2, -0.15) is 0 Å². The summed E-state index contributed by atoms with van der Waals surface area (Å²) < 4.78 is 15.0. The number of ether oxygens (including phenoxy) is 2. The number of nitrogens with zero attached hydrogens (tertiary/aromatic N) is 5. The van der Waals surface area contributed by atoms with Crippen molar-refractivity contribution in [3.63, 3.8) is 0 Å². The molecule has 2 aliphatic rings. The van der Waals surface area contributed by atoms with E-state index in [1.807, 2.05) is 11.0 Å². The monoisotopic (exact) mass is 389 g/mol. The van der Waals surface area contributed by atoms with Gasteiger partial charge in [0.25, 0.3) is 5.91 Å². The van der Waals surface area contributed by atoms with Crippen LogP contribution in [0, 0.1) is 0 Å². The van der Waals surface area contributed by atoms with Crippen LogP contribution in [0.1, 0.15) is 21.7 Å². The maximum Gasteiger partial charge on any atom is 0.275 e. The summed E-state index contributed by atoms with van der Waals surface area (Å²) in [4.78, 5) is 21.3. The Morgan fingerprint density at radius 1 is 1.19 bits per heavy atom. The molecule has 0 aromatic carbocycles. The zero-order valence-electron chi connectivity index (χ0n) is 15.2. The molecule has 2 aromatic rings. The van der Waals surface area contributed by atoms with E-state index in [1.54, 1.807) is 5.38 Å². The average molecular weight is 389 g/mol. The van der Waals surface area contributed by atoms with E-state index in [1.165, 1.54) is 17.1 Å². The summed E-state index contributed by atoms with van der Waals surface area (Å²) in [5.74, 6) is 0.601. The summed E-state index contributed by atoms with van der Waals surface area (Å²) >= 11 is 1.20. The topological polar surface area (TPSA) is 80.7 Å². The van der Waals surface area contributed by atoms with Crippen LogP contribution in [0.25, 0.3) is 0 Å². The van der Waals surface area contributed by atoms with E-state index in [0.29, 0.717) is 31.3 Å². The first-order chi connectivity index (χ1) is 13.3. The number of hydrogen-bond acceptors (Lipinski definition) is 8. The Bertz CT molecular complexity index is 764. The second-order valence-electron chi connectivity index (χ2n) is 6.64. The maximum absolute atomic E-state index is 12.5. The second kappa shape index (κ2) is 8.73. The van der Waals surface area contributed by atoms with Gasteiger partial charge >= 0.3 is 0 Å². The molecule has 0 radical (unpaired) electrons. The molecule has 0 atom stereocenters. The third-order valence-electron chi connectivity index (χ3n) is 4.94. The SMILES string of the molecule is O=C(c1csnn1)N1CCc2ccc(OCCN3CCOCC3)nc2CC1. The van der Waals surface area contributed by atoms with Gasteiger partial charge < -0.3 is 14.4 Å². The van der Waals surface area contributed by atoms with Crippen LogP contribution in [0.3, 0.4) is 0 Å². The highest BCUT2D eigenvalue weighted by molar-refractivity contribution is 7.03. The van der Waals surface area contributed by atoms with Crippen molar-refractivity contribution >= 4 is 17.4 Å². The Kier molecular flexibility index (Phi) is 5.90. The van der Waals surface area contributed by atoms with Crippen molar-refractivity contribution < 1.29 is 14.3 Å². The van der Waals surface area contributed by atoms with Crippen molar-refractivity contribution in [2.75, 3.05) is 52.5 Å².